The van der Waals surface area contributed by atoms with Gasteiger partial charge in [0.2, 0.25) is 5.91 Å². The van der Waals surface area contributed by atoms with Crippen molar-refractivity contribution in [1.82, 2.24) is 9.29 Å². The van der Waals surface area contributed by atoms with E-state index in [-0.39, 0.29) is 24.6 Å². The number of aromatic nitrogens is 1. The molecule has 26 heavy (non-hydrogen) atoms. The molecule has 0 saturated heterocycles. The lowest BCUT2D eigenvalue weighted by Gasteiger charge is -2.32. The lowest BCUT2D eigenvalue weighted by atomic mass is 9.95. The predicted molar refractivity (Wildman–Crippen MR) is 101 cm³/mol. The van der Waals surface area contributed by atoms with Crippen LogP contribution in [0.2, 0.25) is 0 Å². The van der Waals surface area contributed by atoms with Gasteiger partial charge in [-0.05, 0) is 38.0 Å². The molecule has 2 aromatic rings. The van der Waals surface area contributed by atoms with Crippen molar-refractivity contribution in [2.45, 2.75) is 38.5 Å². The van der Waals surface area contributed by atoms with E-state index in [1.165, 1.54) is 17.8 Å². The van der Waals surface area contributed by atoms with Crippen molar-refractivity contribution in [2.75, 3.05) is 0 Å². The number of amides is 1. The number of aliphatic hydroxyl groups is 1. The first kappa shape index (κ1) is 18.3. The third-order valence-electron chi connectivity index (χ3n) is 4.82. The Balaban J connectivity index is 2.24. The van der Waals surface area contributed by atoms with E-state index in [1.807, 2.05) is 12.1 Å². The summed E-state index contributed by atoms with van der Waals surface area (Å²) in [5.74, 6) is -0.395. The van der Waals surface area contributed by atoms with Gasteiger partial charge < -0.3 is 10.4 Å². The zero-order valence-corrected chi connectivity index (χ0v) is 15.8. The highest BCUT2D eigenvalue weighted by Crippen LogP contribution is 2.38. The fraction of sp³-hybridized carbons (Fsp3) is 0.316. The molecule has 138 valence electrons. The second-order valence-electron chi connectivity index (χ2n) is 6.74. The van der Waals surface area contributed by atoms with Crippen LogP contribution in [0.4, 0.5) is 0 Å². The summed E-state index contributed by atoms with van der Waals surface area (Å²) in [6, 6.07) is 8.88. The smallest absolute Gasteiger partial charge is 0.252 e. The molecule has 0 radical (unpaired) electrons. The molecule has 1 aliphatic carbocycles. The van der Waals surface area contributed by atoms with Crippen LogP contribution in [-0.2, 0) is 21.4 Å². The first-order valence-electron chi connectivity index (χ1n) is 8.34. The average molecular weight is 374 g/mol. The van der Waals surface area contributed by atoms with Crippen LogP contribution in [0.3, 0.4) is 0 Å². The van der Waals surface area contributed by atoms with Crippen LogP contribution in [0.15, 0.2) is 53.8 Å². The number of hydrogen-bond acceptors (Lipinski definition) is 4. The number of benzene rings is 1. The molecule has 1 aliphatic rings. The van der Waals surface area contributed by atoms with Crippen LogP contribution >= 0.6 is 0 Å². The third kappa shape index (κ3) is 2.72. The summed E-state index contributed by atoms with van der Waals surface area (Å²) in [6.45, 7) is 4.68. The number of carbonyl (C=O) groups excluding carboxylic acids is 1. The van der Waals surface area contributed by atoms with E-state index in [0.29, 0.717) is 16.8 Å². The molecule has 1 atom stereocenters. The number of rotatable bonds is 4. The number of aliphatic hydroxyl groups excluding tert-OH is 1. The average Bonchev–Trinajstić information content (AvgIpc) is 2.96. The van der Waals surface area contributed by atoms with E-state index >= 15 is 0 Å². The minimum absolute atomic E-state index is 0.0820. The molecule has 7 heteroatoms. The molecule has 0 bridgehead atoms. The van der Waals surface area contributed by atoms with Crippen molar-refractivity contribution in [2.24, 2.45) is 0 Å². The summed E-state index contributed by atoms with van der Waals surface area (Å²) in [6.07, 6.45) is 3.65. The van der Waals surface area contributed by atoms with Gasteiger partial charge in [0.25, 0.3) is 10.0 Å². The van der Waals surface area contributed by atoms with Crippen LogP contribution in [0, 0.1) is 0 Å². The molecule has 3 rings (SSSR count). The molecule has 0 fully saturated rings. The van der Waals surface area contributed by atoms with Gasteiger partial charge >= 0.3 is 0 Å². The fourth-order valence-electron chi connectivity index (χ4n) is 3.29. The fourth-order valence-corrected chi connectivity index (χ4v) is 5.26. The van der Waals surface area contributed by atoms with Crippen molar-refractivity contribution in [3.05, 3.63) is 59.5 Å². The third-order valence-corrected chi connectivity index (χ3v) is 7.23. The molecule has 1 unspecified atom stereocenters. The summed E-state index contributed by atoms with van der Waals surface area (Å²) < 4.78 is 27.0. The number of para-hydroxylation sites is 1. The largest absolute Gasteiger partial charge is 0.510 e. The SMILES string of the molecule is CC(=O)NCc1cc2ccccc2n1S(=O)(=O)C1(C)CC=CC(C)=C1O. The number of nitrogens with zero attached hydrogens (tertiary/aromatic N) is 1. The van der Waals surface area contributed by atoms with Gasteiger partial charge in [-0.2, -0.15) is 0 Å². The quantitative estimate of drug-likeness (QED) is 0.861. The molecule has 0 saturated carbocycles. The Hall–Kier alpha value is -2.54. The Morgan fingerprint density at radius 3 is 2.73 bits per heavy atom. The molecule has 1 amide bonds. The molecule has 1 aromatic heterocycles. The standard InChI is InChI=1S/C19H22N2O4S/c1-13-7-6-10-19(3,18(13)23)26(24,25)21-16(12-20-14(2)22)11-15-8-4-5-9-17(15)21/h4-9,11,23H,10,12H2,1-3H3,(H,20,22). The lowest BCUT2D eigenvalue weighted by molar-refractivity contribution is -0.119. The second kappa shape index (κ2) is 6.32. The molecule has 2 N–H and O–H groups in total. The topological polar surface area (TPSA) is 88.4 Å². The van der Waals surface area contributed by atoms with Crippen LogP contribution in [0.5, 0.6) is 0 Å². The number of fused-ring (bicyclic) bond motifs is 1. The normalized spacial score (nSPS) is 20.6. The maximum atomic E-state index is 13.6. The monoisotopic (exact) mass is 374 g/mol. The van der Waals surface area contributed by atoms with E-state index in [0.717, 1.165) is 5.39 Å². The maximum Gasteiger partial charge on any atom is 0.252 e. The number of nitrogens with one attached hydrogen (secondary N) is 1. The van der Waals surface area contributed by atoms with Gasteiger partial charge in [-0.25, -0.2) is 12.4 Å². The lowest BCUT2D eigenvalue weighted by Crippen LogP contribution is -2.43. The van der Waals surface area contributed by atoms with Crippen molar-refractivity contribution in [3.63, 3.8) is 0 Å². The maximum absolute atomic E-state index is 13.6. The summed E-state index contributed by atoms with van der Waals surface area (Å²) in [5, 5.41) is 14.0. The van der Waals surface area contributed by atoms with Crippen molar-refractivity contribution >= 4 is 26.8 Å². The van der Waals surface area contributed by atoms with E-state index in [2.05, 4.69) is 5.32 Å². The summed E-state index contributed by atoms with van der Waals surface area (Å²) in [5.41, 5.74) is 1.50. The molecular formula is C19H22N2O4S. The van der Waals surface area contributed by atoms with E-state index in [9.17, 15) is 18.3 Å². The van der Waals surface area contributed by atoms with Gasteiger partial charge in [0.15, 0.2) is 0 Å². The minimum Gasteiger partial charge on any atom is -0.510 e. The van der Waals surface area contributed by atoms with Crippen molar-refractivity contribution < 1.29 is 18.3 Å². The molecular weight excluding hydrogens is 352 g/mol. The first-order valence-corrected chi connectivity index (χ1v) is 9.78. The minimum atomic E-state index is -4.00. The Morgan fingerprint density at radius 2 is 2.04 bits per heavy atom. The first-order chi connectivity index (χ1) is 12.2. The van der Waals surface area contributed by atoms with Crippen LogP contribution in [0.1, 0.15) is 32.9 Å². The van der Waals surface area contributed by atoms with Gasteiger partial charge in [0.1, 0.15) is 10.5 Å². The van der Waals surface area contributed by atoms with Crippen LogP contribution in [-0.4, -0.2) is 28.2 Å². The number of hydrogen-bond donors (Lipinski definition) is 2. The number of carbonyl (C=O) groups is 1. The molecule has 1 aromatic carbocycles. The zero-order chi connectivity index (χ0) is 19.1. The highest BCUT2D eigenvalue weighted by molar-refractivity contribution is 7.91. The second-order valence-corrected chi connectivity index (χ2v) is 8.96. The van der Waals surface area contributed by atoms with Crippen LogP contribution < -0.4 is 5.32 Å². The van der Waals surface area contributed by atoms with E-state index in [1.54, 1.807) is 37.3 Å². The Bertz CT molecular complexity index is 1050. The van der Waals surface area contributed by atoms with Gasteiger partial charge in [0.05, 0.1) is 17.8 Å². The van der Waals surface area contributed by atoms with Crippen molar-refractivity contribution in [3.8, 4) is 0 Å². The summed E-state index contributed by atoms with van der Waals surface area (Å²) in [7, 11) is -4.00. The zero-order valence-electron chi connectivity index (χ0n) is 15.0. The molecule has 6 nitrogen and oxygen atoms in total. The van der Waals surface area contributed by atoms with E-state index < -0.39 is 14.8 Å². The van der Waals surface area contributed by atoms with Gasteiger partial charge in [-0.15, -0.1) is 0 Å². The molecule has 0 spiro atoms. The van der Waals surface area contributed by atoms with Gasteiger partial charge in [-0.1, -0.05) is 30.4 Å². The predicted octanol–water partition coefficient (Wildman–Crippen LogP) is 3.01. The summed E-state index contributed by atoms with van der Waals surface area (Å²) in [4.78, 5) is 11.3. The summed E-state index contributed by atoms with van der Waals surface area (Å²) >= 11 is 0. The highest BCUT2D eigenvalue weighted by atomic mass is 32.2. The Labute approximate surface area is 152 Å². The van der Waals surface area contributed by atoms with Gasteiger partial charge in [-0.3, -0.25) is 4.79 Å². The van der Waals surface area contributed by atoms with Crippen LogP contribution in [0.25, 0.3) is 10.9 Å². The molecule has 0 aliphatic heterocycles. The van der Waals surface area contributed by atoms with Crippen molar-refractivity contribution in [1.29, 1.82) is 0 Å². The Morgan fingerprint density at radius 1 is 1.35 bits per heavy atom. The number of allylic oxidation sites excluding steroid dienone is 3. The van der Waals surface area contributed by atoms with E-state index in [4.69, 9.17) is 0 Å². The Kier molecular flexibility index (Phi) is 4.44. The highest BCUT2D eigenvalue weighted by Gasteiger charge is 2.46. The van der Waals surface area contributed by atoms with Gasteiger partial charge in [0, 0.05) is 12.3 Å². The molecule has 1 heterocycles.